The zero-order chi connectivity index (χ0) is 17.0. The number of nitrogens with zero attached hydrogens (tertiary/aromatic N) is 2. The van der Waals surface area contributed by atoms with Crippen molar-refractivity contribution >= 4 is 5.91 Å². The van der Waals surface area contributed by atoms with E-state index in [1.807, 2.05) is 0 Å². The lowest BCUT2D eigenvalue weighted by Gasteiger charge is -2.47. The van der Waals surface area contributed by atoms with E-state index in [-0.39, 0.29) is 11.9 Å². The van der Waals surface area contributed by atoms with Gasteiger partial charge in [0.2, 0.25) is 5.91 Å². The summed E-state index contributed by atoms with van der Waals surface area (Å²) in [5.74, 6) is 0.270. The summed E-state index contributed by atoms with van der Waals surface area (Å²) in [5.41, 5.74) is -0.631. The molecule has 6 nitrogen and oxygen atoms in total. The molecule has 0 aromatic carbocycles. The SMILES string of the molecule is COCCN1C(=O)CCC[C@@H]2[C@H]1CCCN2CC1(O)CCOCC1. The van der Waals surface area contributed by atoms with Crippen molar-refractivity contribution in [1.29, 1.82) is 0 Å². The smallest absolute Gasteiger partial charge is 0.222 e. The third-order valence-electron chi connectivity index (χ3n) is 5.93. The number of fused-ring (bicyclic) bond motifs is 1. The minimum Gasteiger partial charge on any atom is -0.388 e. The first-order valence-electron chi connectivity index (χ1n) is 9.45. The van der Waals surface area contributed by atoms with Crippen molar-refractivity contribution in [1.82, 2.24) is 9.80 Å². The van der Waals surface area contributed by atoms with Gasteiger partial charge in [-0.05, 0) is 32.2 Å². The second-order valence-corrected chi connectivity index (χ2v) is 7.56. The number of β-amino-alcohol motifs (C(OH)–C–C–N with tert-alkyl or cyclic N) is 1. The normalized spacial score (nSPS) is 31.6. The highest BCUT2D eigenvalue weighted by atomic mass is 16.5. The maximum absolute atomic E-state index is 12.5. The summed E-state index contributed by atoms with van der Waals surface area (Å²) < 4.78 is 10.6. The van der Waals surface area contributed by atoms with Crippen LogP contribution in [0, 0.1) is 0 Å². The Balaban J connectivity index is 1.71. The van der Waals surface area contributed by atoms with Crippen molar-refractivity contribution in [3.63, 3.8) is 0 Å². The Morgan fingerprint density at radius 1 is 1.25 bits per heavy atom. The zero-order valence-electron chi connectivity index (χ0n) is 14.9. The van der Waals surface area contributed by atoms with Crippen LogP contribution in [0.1, 0.15) is 44.9 Å². The van der Waals surface area contributed by atoms with Crippen molar-refractivity contribution in [2.45, 2.75) is 62.6 Å². The first-order valence-corrected chi connectivity index (χ1v) is 9.45. The first-order chi connectivity index (χ1) is 11.6. The van der Waals surface area contributed by atoms with Gasteiger partial charge in [-0.25, -0.2) is 0 Å². The molecule has 0 aliphatic carbocycles. The Labute approximate surface area is 145 Å². The molecule has 0 bridgehead atoms. The molecule has 0 unspecified atom stereocenters. The summed E-state index contributed by atoms with van der Waals surface area (Å²) >= 11 is 0. The van der Waals surface area contributed by atoms with E-state index in [0.29, 0.717) is 58.2 Å². The molecule has 0 aromatic heterocycles. The lowest BCUT2D eigenvalue weighted by Crippen LogP contribution is -2.59. The van der Waals surface area contributed by atoms with Crippen LogP contribution in [0.4, 0.5) is 0 Å². The summed E-state index contributed by atoms with van der Waals surface area (Å²) in [6.45, 7) is 4.31. The number of hydrogen-bond acceptors (Lipinski definition) is 5. The van der Waals surface area contributed by atoms with Crippen LogP contribution in [0.5, 0.6) is 0 Å². The van der Waals surface area contributed by atoms with Gasteiger partial charge in [-0.2, -0.15) is 0 Å². The van der Waals surface area contributed by atoms with Crippen molar-refractivity contribution in [3.05, 3.63) is 0 Å². The zero-order valence-corrected chi connectivity index (χ0v) is 14.9. The third-order valence-corrected chi connectivity index (χ3v) is 5.93. The predicted octanol–water partition coefficient (Wildman–Crippen LogP) is 1.02. The minimum atomic E-state index is -0.631. The summed E-state index contributed by atoms with van der Waals surface area (Å²) in [5, 5.41) is 10.9. The molecule has 3 heterocycles. The fourth-order valence-electron chi connectivity index (χ4n) is 4.60. The maximum atomic E-state index is 12.5. The van der Waals surface area contributed by atoms with Crippen LogP contribution < -0.4 is 0 Å². The molecule has 0 radical (unpaired) electrons. The monoisotopic (exact) mass is 340 g/mol. The van der Waals surface area contributed by atoms with Gasteiger partial charge >= 0.3 is 0 Å². The number of carbonyl (C=O) groups excluding carboxylic acids is 1. The second-order valence-electron chi connectivity index (χ2n) is 7.56. The summed E-state index contributed by atoms with van der Waals surface area (Å²) in [7, 11) is 1.69. The Kier molecular flexibility index (Phi) is 6.13. The number of hydrogen-bond donors (Lipinski definition) is 1. The molecule has 0 aromatic rings. The van der Waals surface area contributed by atoms with Crippen molar-refractivity contribution < 1.29 is 19.4 Å². The number of carbonyl (C=O) groups is 1. The molecule has 3 aliphatic heterocycles. The van der Waals surface area contributed by atoms with E-state index in [4.69, 9.17) is 9.47 Å². The summed E-state index contributed by atoms with van der Waals surface area (Å²) in [6.07, 6.45) is 6.22. The fraction of sp³-hybridized carbons (Fsp3) is 0.944. The van der Waals surface area contributed by atoms with Gasteiger partial charge < -0.3 is 19.5 Å². The Bertz CT molecular complexity index is 425. The van der Waals surface area contributed by atoms with E-state index in [0.717, 1.165) is 32.2 Å². The molecular formula is C18H32N2O4. The lowest BCUT2D eigenvalue weighted by molar-refractivity contribution is -0.136. The van der Waals surface area contributed by atoms with Crippen LogP contribution in [0.25, 0.3) is 0 Å². The molecule has 6 heteroatoms. The molecule has 1 N–H and O–H groups in total. The third kappa shape index (κ3) is 4.10. The minimum absolute atomic E-state index is 0.270. The van der Waals surface area contributed by atoms with Crippen molar-refractivity contribution in [3.8, 4) is 0 Å². The molecule has 2 atom stereocenters. The van der Waals surface area contributed by atoms with E-state index in [1.54, 1.807) is 7.11 Å². The Hall–Kier alpha value is -0.690. The van der Waals surface area contributed by atoms with Crippen molar-refractivity contribution in [2.75, 3.05) is 46.6 Å². The van der Waals surface area contributed by atoms with E-state index in [9.17, 15) is 9.90 Å². The van der Waals surface area contributed by atoms with E-state index in [2.05, 4.69) is 9.80 Å². The molecule has 0 saturated carbocycles. The molecule has 0 spiro atoms. The molecule has 138 valence electrons. The van der Waals surface area contributed by atoms with Gasteiger partial charge in [0.25, 0.3) is 0 Å². The Morgan fingerprint density at radius 3 is 2.75 bits per heavy atom. The summed E-state index contributed by atoms with van der Waals surface area (Å²) in [4.78, 5) is 17.0. The topological polar surface area (TPSA) is 62.2 Å². The van der Waals surface area contributed by atoms with Crippen LogP contribution in [-0.4, -0.2) is 85.1 Å². The number of piperidine rings is 1. The van der Waals surface area contributed by atoms with Crippen LogP contribution in [0.2, 0.25) is 0 Å². The number of likely N-dealkylation sites (tertiary alicyclic amines) is 2. The van der Waals surface area contributed by atoms with E-state index in [1.165, 1.54) is 0 Å². The van der Waals surface area contributed by atoms with Crippen LogP contribution in [-0.2, 0) is 14.3 Å². The molecule has 3 rings (SSSR count). The second kappa shape index (κ2) is 8.13. The molecule has 1 amide bonds. The van der Waals surface area contributed by atoms with Gasteiger partial charge in [-0.3, -0.25) is 9.69 Å². The molecule has 3 saturated heterocycles. The van der Waals surface area contributed by atoms with Gasteiger partial charge in [0, 0.05) is 64.8 Å². The van der Waals surface area contributed by atoms with Gasteiger partial charge in [0.15, 0.2) is 0 Å². The maximum Gasteiger partial charge on any atom is 0.222 e. The highest BCUT2D eigenvalue weighted by Crippen LogP contribution is 2.32. The van der Waals surface area contributed by atoms with E-state index >= 15 is 0 Å². The van der Waals surface area contributed by atoms with Crippen molar-refractivity contribution in [2.24, 2.45) is 0 Å². The highest BCUT2D eigenvalue weighted by Gasteiger charge is 2.42. The predicted molar refractivity (Wildman–Crippen MR) is 90.8 cm³/mol. The molecular weight excluding hydrogens is 308 g/mol. The number of ether oxygens (including phenoxy) is 2. The van der Waals surface area contributed by atoms with E-state index < -0.39 is 5.60 Å². The molecule has 3 aliphatic rings. The van der Waals surface area contributed by atoms with Gasteiger partial charge in [0.1, 0.15) is 0 Å². The van der Waals surface area contributed by atoms with Crippen LogP contribution in [0.15, 0.2) is 0 Å². The average Bonchev–Trinajstić information content (AvgIpc) is 2.73. The van der Waals surface area contributed by atoms with Crippen LogP contribution in [0.3, 0.4) is 0 Å². The van der Waals surface area contributed by atoms with Crippen LogP contribution >= 0.6 is 0 Å². The lowest BCUT2D eigenvalue weighted by atomic mass is 9.88. The fourth-order valence-corrected chi connectivity index (χ4v) is 4.60. The summed E-state index contributed by atoms with van der Waals surface area (Å²) in [6, 6.07) is 0.640. The number of methoxy groups -OCH3 is 1. The Morgan fingerprint density at radius 2 is 2.00 bits per heavy atom. The number of rotatable bonds is 5. The molecule has 24 heavy (non-hydrogen) atoms. The number of amides is 1. The molecule has 3 fully saturated rings. The standard InChI is InChI=1S/C18H32N2O4/c1-23-13-10-20-16-5-3-9-19(15(16)4-2-6-17(20)21)14-18(22)7-11-24-12-8-18/h15-16,22H,2-14H2,1H3/t15-,16-/m1/s1. The first kappa shape index (κ1) is 18.1. The van der Waals surface area contributed by atoms with Gasteiger partial charge in [0.05, 0.1) is 12.2 Å². The van der Waals surface area contributed by atoms with Gasteiger partial charge in [-0.15, -0.1) is 0 Å². The highest BCUT2D eigenvalue weighted by molar-refractivity contribution is 5.77. The number of aliphatic hydroxyl groups is 1. The largest absolute Gasteiger partial charge is 0.388 e. The quantitative estimate of drug-likeness (QED) is 0.810. The average molecular weight is 340 g/mol. The van der Waals surface area contributed by atoms with Gasteiger partial charge in [-0.1, -0.05) is 0 Å².